The highest BCUT2D eigenvalue weighted by molar-refractivity contribution is 5.51. The first-order valence-electron chi connectivity index (χ1n) is 9.68. The topological polar surface area (TPSA) is 34.2 Å². The van der Waals surface area contributed by atoms with E-state index in [-0.39, 0.29) is 0 Å². The van der Waals surface area contributed by atoms with Crippen molar-refractivity contribution in [1.82, 2.24) is 9.80 Å². The summed E-state index contributed by atoms with van der Waals surface area (Å²) in [5, 5.41) is 0. The molecule has 1 aromatic rings. The van der Waals surface area contributed by atoms with Crippen molar-refractivity contribution < 1.29 is 14.2 Å². The summed E-state index contributed by atoms with van der Waals surface area (Å²) in [4.78, 5) is 5.28. The molecule has 0 saturated carbocycles. The molecule has 2 atom stereocenters. The molecular weight excluding hydrogens is 328 g/mol. The zero-order valence-electron chi connectivity index (χ0n) is 16.2. The van der Waals surface area contributed by atoms with Gasteiger partial charge in [-0.1, -0.05) is 11.6 Å². The predicted octanol–water partition coefficient (Wildman–Crippen LogP) is 3.29. The Labute approximate surface area is 156 Å². The molecule has 0 aliphatic carbocycles. The molecular formula is C21H30N2O3. The number of benzene rings is 1. The molecule has 4 aliphatic rings. The number of nitrogens with zero attached hydrogens (tertiary/aromatic N) is 2. The molecule has 26 heavy (non-hydrogen) atoms. The first kappa shape index (κ1) is 17.7. The molecule has 5 heteroatoms. The maximum atomic E-state index is 5.62. The smallest absolute Gasteiger partial charge is 0.231 e. The summed E-state index contributed by atoms with van der Waals surface area (Å²) in [6.45, 7) is 10.2. The van der Waals surface area contributed by atoms with Crippen LogP contribution in [0.5, 0.6) is 17.2 Å². The Hall–Kier alpha value is -1.72. The highest BCUT2D eigenvalue weighted by atomic mass is 16.7. The number of rotatable bonds is 5. The van der Waals surface area contributed by atoms with E-state index in [2.05, 4.69) is 35.8 Å². The van der Waals surface area contributed by atoms with Crippen molar-refractivity contribution in [3.63, 3.8) is 0 Å². The van der Waals surface area contributed by atoms with Gasteiger partial charge >= 0.3 is 0 Å². The van der Waals surface area contributed by atoms with Crippen LogP contribution in [0.4, 0.5) is 0 Å². The first-order valence-corrected chi connectivity index (χ1v) is 9.68. The van der Waals surface area contributed by atoms with Gasteiger partial charge in [-0.3, -0.25) is 9.80 Å². The molecule has 3 fully saturated rings. The van der Waals surface area contributed by atoms with Crippen LogP contribution in [-0.4, -0.2) is 55.9 Å². The van der Waals surface area contributed by atoms with Gasteiger partial charge in [-0.2, -0.15) is 0 Å². The molecule has 0 spiro atoms. The van der Waals surface area contributed by atoms with Crippen molar-refractivity contribution >= 4 is 0 Å². The van der Waals surface area contributed by atoms with E-state index in [9.17, 15) is 0 Å². The predicted molar refractivity (Wildman–Crippen MR) is 102 cm³/mol. The van der Waals surface area contributed by atoms with E-state index in [1.807, 2.05) is 6.07 Å². The molecule has 5 nitrogen and oxygen atoms in total. The summed E-state index contributed by atoms with van der Waals surface area (Å²) in [6.07, 6.45) is 5.03. The quantitative estimate of drug-likeness (QED) is 0.755. The number of allylic oxidation sites excluding steroid dienone is 1. The third kappa shape index (κ3) is 3.69. The standard InChI is InChI=1S/C21H30N2O3/c1-15(2)6-7-23-11-16-4-5-18(23)13-22(10-16)12-17-8-20-21(26-14-25-20)9-19(17)24-3/h6,8-9,16,18H,4-5,7,10-14H2,1-3H3/t16-,18+/m0/s1. The highest BCUT2D eigenvalue weighted by Crippen LogP contribution is 2.39. The number of piperidine rings is 1. The van der Waals surface area contributed by atoms with Crippen molar-refractivity contribution in [3.8, 4) is 17.2 Å². The van der Waals surface area contributed by atoms with Gasteiger partial charge in [0.25, 0.3) is 0 Å². The normalized spacial score (nSPS) is 25.2. The Morgan fingerprint density at radius 1 is 1.15 bits per heavy atom. The van der Waals surface area contributed by atoms with E-state index in [1.54, 1.807) is 7.11 Å². The maximum absolute atomic E-state index is 5.62. The van der Waals surface area contributed by atoms with Crippen molar-refractivity contribution in [3.05, 3.63) is 29.3 Å². The summed E-state index contributed by atoms with van der Waals surface area (Å²) < 4.78 is 16.7. The third-order valence-electron chi connectivity index (χ3n) is 5.81. The molecule has 4 heterocycles. The molecule has 0 unspecified atom stereocenters. The molecule has 1 aromatic carbocycles. The Kier molecular flexibility index (Phi) is 5.09. The van der Waals surface area contributed by atoms with E-state index in [4.69, 9.17) is 14.2 Å². The molecule has 0 radical (unpaired) electrons. The van der Waals surface area contributed by atoms with Crippen molar-refractivity contribution in [2.24, 2.45) is 5.92 Å². The van der Waals surface area contributed by atoms with Crippen LogP contribution in [0, 0.1) is 5.92 Å². The van der Waals surface area contributed by atoms with Gasteiger partial charge in [0.15, 0.2) is 11.5 Å². The monoisotopic (exact) mass is 358 g/mol. The second-order valence-corrected chi connectivity index (χ2v) is 8.04. The minimum absolute atomic E-state index is 0.301. The number of hydrogen-bond donors (Lipinski definition) is 0. The molecule has 5 rings (SSSR count). The average Bonchev–Trinajstić information content (AvgIpc) is 2.90. The second kappa shape index (κ2) is 7.49. The van der Waals surface area contributed by atoms with Gasteiger partial charge in [0.2, 0.25) is 6.79 Å². The summed E-state index contributed by atoms with van der Waals surface area (Å²) in [5.74, 6) is 3.28. The van der Waals surface area contributed by atoms with Crippen LogP contribution in [0.25, 0.3) is 0 Å². The van der Waals surface area contributed by atoms with E-state index in [0.717, 1.165) is 42.8 Å². The first-order chi connectivity index (χ1) is 12.6. The Morgan fingerprint density at radius 2 is 1.96 bits per heavy atom. The van der Waals surface area contributed by atoms with Gasteiger partial charge in [0.05, 0.1) is 7.11 Å². The lowest BCUT2D eigenvalue weighted by Crippen LogP contribution is -2.43. The van der Waals surface area contributed by atoms with Crippen molar-refractivity contribution in [2.75, 3.05) is 40.1 Å². The van der Waals surface area contributed by atoms with E-state index in [1.165, 1.54) is 37.1 Å². The fourth-order valence-corrected chi connectivity index (χ4v) is 4.45. The van der Waals surface area contributed by atoms with E-state index < -0.39 is 0 Å². The number of hydrogen-bond acceptors (Lipinski definition) is 5. The summed E-state index contributed by atoms with van der Waals surface area (Å²) in [5.41, 5.74) is 2.60. The minimum atomic E-state index is 0.301. The summed E-state index contributed by atoms with van der Waals surface area (Å²) in [7, 11) is 1.73. The number of ether oxygens (including phenoxy) is 3. The number of methoxy groups -OCH3 is 1. The molecule has 142 valence electrons. The lowest BCUT2D eigenvalue weighted by atomic mass is 9.95. The molecule has 0 N–H and O–H groups in total. The highest BCUT2D eigenvalue weighted by Gasteiger charge is 2.34. The molecule has 3 saturated heterocycles. The van der Waals surface area contributed by atoms with Crippen LogP contribution in [-0.2, 0) is 6.54 Å². The Bertz CT molecular complexity index is 684. The largest absolute Gasteiger partial charge is 0.496 e. The van der Waals surface area contributed by atoms with Crippen LogP contribution < -0.4 is 14.2 Å². The van der Waals surface area contributed by atoms with Crippen molar-refractivity contribution in [2.45, 2.75) is 39.3 Å². The van der Waals surface area contributed by atoms with Crippen LogP contribution in [0.15, 0.2) is 23.8 Å². The molecule has 0 amide bonds. The SMILES string of the molecule is COc1cc2c(cc1CN1C[C@@H]3CC[C@H](C1)N(CC=C(C)C)C3)OCO2. The zero-order chi connectivity index (χ0) is 18.1. The Balaban J connectivity index is 1.49. The van der Waals surface area contributed by atoms with Gasteiger partial charge in [-0.15, -0.1) is 0 Å². The maximum Gasteiger partial charge on any atom is 0.231 e. The van der Waals surface area contributed by atoms with Crippen LogP contribution >= 0.6 is 0 Å². The number of fused-ring (bicyclic) bond motifs is 5. The molecule has 0 aromatic heterocycles. The van der Waals surface area contributed by atoms with Gasteiger partial charge in [0.1, 0.15) is 5.75 Å². The Morgan fingerprint density at radius 3 is 2.73 bits per heavy atom. The van der Waals surface area contributed by atoms with Crippen LogP contribution in [0.2, 0.25) is 0 Å². The zero-order valence-corrected chi connectivity index (χ0v) is 16.2. The fraction of sp³-hybridized carbons (Fsp3) is 0.619. The van der Waals surface area contributed by atoms with Gasteiger partial charge in [-0.05, 0) is 38.7 Å². The second-order valence-electron chi connectivity index (χ2n) is 8.04. The van der Waals surface area contributed by atoms with Gasteiger partial charge < -0.3 is 14.2 Å². The van der Waals surface area contributed by atoms with Crippen molar-refractivity contribution in [1.29, 1.82) is 0 Å². The lowest BCUT2D eigenvalue weighted by molar-refractivity contribution is 0.146. The fourth-order valence-electron chi connectivity index (χ4n) is 4.45. The summed E-state index contributed by atoms with van der Waals surface area (Å²) >= 11 is 0. The molecule has 2 bridgehead atoms. The third-order valence-corrected chi connectivity index (χ3v) is 5.81. The summed E-state index contributed by atoms with van der Waals surface area (Å²) in [6, 6.07) is 4.71. The lowest BCUT2D eigenvalue weighted by Gasteiger charge is -2.35. The minimum Gasteiger partial charge on any atom is -0.496 e. The van der Waals surface area contributed by atoms with Crippen LogP contribution in [0.1, 0.15) is 32.3 Å². The van der Waals surface area contributed by atoms with Gasteiger partial charge in [0, 0.05) is 50.4 Å². The van der Waals surface area contributed by atoms with Crippen LogP contribution in [0.3, 0.4) is 0 Å². The molecule has 4 aliphatic heterocycles. The average molecular weight is 358 g/mol. The van der Waals surface area contributed by atoms with E-state index >= 15 is 0 Å². The van der Waals surface area contributed by atoms with Gasteiger partial charge in [-0.25, -0.2) is 0 Å². The van der Waals surface area contributed by atoms with E-state index in [0.29, 0.717) is 12.8 Å².